The molecule has 3 heteroatoms. The van der Waals surface area contributed by atoms with Crippen molar-refractivity contribution in [1.29, 1.82) is 0 Å². The molecule has 0 bridgehead atoms. The number of likely N-dealkylation sites (tertiary alicyclic amines) is 1. The Morgan fingerprint density at radius 2 is 1.75 bits per heavy atom. The summed E-state index contributed by atoms with van der Waals surface area (Å²) < 4.78 is 0. The zero-order chi connectivity index (χ0) is 11.5. The van der Waals surface area contributed by atoms with Crippen molar-refractivity contribution in [3.63, 3.8) is 0 Å². The summed E-state index contributed by atoms with van der Waals surface area (Å²) in [7, 11) is 0. The lowest BCUT2D eigenvalue weighted by Gasteiger charge is -2.30. The first-order chi connectivity index (χ1) is 7.69. The molecule has 2 rings (SSSR count). The largest absolute Gasteiger partial charge is 0.335 e. The zero-order valence-electron chi connectivity index (χ0n) is 10.1. The van der Waals surface area contributed by atoms with Gasteiger partial charge in [0.2, 0.25) is 5.91 Å². The van der Waals surface area contributed by atoms with Gasteiger partial charge in [-0.25, -0.2) is 0 Å². The summed E-state index contributed by atoms with van der Waals surface area (Å²) in [5, 5.41) is 0. The molecule has 0 spiro atoms. The third kappa shape index (κ3) is 2.63. The number of ketones is 1. The van der Waals surface area contributed by atoms with Crippen LogP contribution in [0.4, 0.5) is 0 Å². The molecular formula is C13H21NO2. The van der Waals surface area contributed by atoms with Crippen LogP contribution >= 0.6 is 0 Å². The monoisotopic (exact) mass is 223 g/mol. The first-order valence-electron chi connectivity index (χ1n) is 6.48. The second-order valence-electron chi connectivity index (χ2n) is 5.28. The van der Waals surface area contributed by atoms with Gasteiger partial charge < -0.3 is 4.90 Å². The Kier molecular flexibility index (Phi) is 3.62. The molecule has 0 aromatic heterocycles. The van der Waals surface area contributed by atoms with Gasteiger partial charge in [0, 0.05) is 6.54 Å². The molecule has 1 heterocycles. The molecule has 2 aliphatic rings. The summed E-state index contributed by atoms with van der Waals surface area (Å²) in [5.41, 5.74) is 0. The van der Waals surface area contributed by atoms with Crippen LogP contribution in [-0.2, 0) is 9.59 Å². The highest BCUT2D eigenvalue weighted by molar-refractivity contribution is 6.05. The SMILES string of the molecule is CCC1CCC(CN2CC(=O)CC2=O)CC1. The van der Waals surface area contributed by atoms with Crippen molar-refractivity contribution in [3.05, 3.63) is 0 Å². The Morgan fingerprint density at radius 3 is 2.25 bits per heavy atom. The molecule has 0 unspecified atom stereocenters. The summed E-state index contributed by atoms with van der Waals surface area (Å²) in [5.74, 6) is 1.67. The molecule has 1 saturated carbocycles. The van der Waals surface area contributed by atoms with E-state index >= 15 is 0 Å². The van der Waals surface area contributed by atoms with Gasteiger partial charge in [-0.15, -0.1) is 0 Å². The molecular weight excluding hydrogens is 202 g/mol. The molecule has 1 aliphatic carbocycles. The molecule has 0 aromatic carbocycles. The lowest BCUT2D eigenvalue weighted by Crippen LogP contribution is -2.32. The van der Waals surface area contributed by atoms with Crippen molar-refractivity contribution in [1.82, 2.24) is 4.90 Å². The van der Waals surface area contributed by atoms with Crippen LogP contribution in [0.1, 0.15) is 45.4 Å². The molecule has 0 radical (unpaired) electrons. The Hall–Kier alpha value is -0.860. The molecule has 90 valence electrons. The highest BCUT2D eigenvalue weighted by Gasteiger charge is 2.30. The molecule has 0 atom stereocenters. The van der Waals surface area contributed by atoms with Crippen LogP contribution in [0.3, 0.4) is 0 Å². The highest BCUT2D eigenvalue weighted by atomic mass is 16.2. The third-order valence-corrected chi connectivity index (χ3v) is 4.09. The van der Waals surface area contributed by atoms with E-state index in [9.17, 15) is 9.59 Å². The molecule has 1 saturated heterocycles. The Morgan fingerprint density at radius 1 is 1.12 bits per heavy atom. The maximum Gasteiger partial charge on any atom is 0.230 e. The van der Waals surface area contributed by atoms with E-state index in [0.29, 0.717) is 12.5 Å². The number of amides is 1. The second kappa shape index (κ2) is 4.98. The van der Waals surface area contributed by atoms with E-state index in [1.54, 1.807) is 4.90 Å². The number of nitrogens with zero attached hydrogens (tertiary/aromatic N) is 1. The van der Waals surface area contributed by atoms with E-state index in [0.717, 1.165) is 12.5 Å². The van der Waals surface area contributed by atoms with E-state index < -0.39 is 0 Å². The van der Waals surface area contributed by atoms with Gasteiger partial charge in [-0.05, 0) is 24.7 Å². The Bertz CT molecular complexity index is 280. The zero-order valence-corrected chi connectivity index (χ0v) is 10.1. The maximum absolute atomic E-state index is 11.5. The van der Waals surface area contributed by atoms with E-state index in [2.05, 4.69) is 6.92 Å². The molecule has 3 nitrogen and oxygen atoms in total. The lowest BCUT2D eigenvalue weighted by atomic mass is 9.81. The molecule has 0 aromatic rings. The van der Waals surface area contributed by atoms with Gasteiger partial charge in [0.1, 0.15) is 0 Å². The number of carbonyl (C=O) groups excluding carboxylic acids is 2. The van der Waals surface area contributed by atoms with E-state index in [4.69, 9.17) is 0 Å². The molecule has 16 heavy (non-hydrogen) atoms. The highest BCUT2D eigenvalue weighted by Crippen LogP contribution is 2.31. The molecule has 2 fully saturated rings. The quantitative estimate of drug-likeness (QED) is 0.686. The Balaban J connectivity index is 1.78. The van der Waals surface area contributed by atoms with Crippen LogP contribution in [0.2, 0.25) is 0 Å². The minimum absolute atomic E-state index is 0.0441. The molecule has 0 N–H and O–H groups in total. The number of carbonyl (C=O) groups is 2. The second-order valence-corrected chi connectivity index (χ2v) is 5.28. The van der Waals surface area contributed by atoms with Gasteiger partial charge in [-0.2, -0.15) is 0 Å². The van der Waals surface area contributed by atoms with Crippen molar-refractivity contribution in [2.24, 2.45) is 11.8 Å². The fraction of sp³-hybridized carbons (Fsp3) is 0.846. The lowest BCUT2D eigenvalue weighted by molar-refractivity contribution is -0.128. The topological polar surface area (TPSA) is 37.4 Å². The van der Waals surface area contributed by atoms with Crippen molar-refractivity contribution >= 4 is 11.7 Å². The van der Waals surface area contributed by atoms with Gasteiger partial charge in [-0.3, -0.25) is 9.59 Å². The fourth-order valence-corrected chi connectivity index (χ4v) is 2.94. The number of hydrogen-bond donors (Lipinski definition) is 0. The van der Waals surface area contributed by atoms with E-state index in [1.165, 1.54) is 32.1 Å². The van der Waals surface area contributed by atoms with Crippen LogP contribution in [-0.4, -0.2) is 29.7 Å². The summed E-state index contributed by atoms with van der Waals surface area (Å²) in [6, 6.07) is 0. The first kappa shape index (κ1) is 11.6. The van der Waals surface area contributed by atoms with E-state index in [1.807, 2.05) is 0 Å². The maximum atomic E-state index is 11.5. The van der Waals surface area contributed by atoms with Crippen LogP contribution in [0, 0.1) is 11.8 Å². The van der Waals surface area contributed by atoms with Gasteiger partial charge in [-0.1, -0.05) is 26.2 Å². The van der Waals surface area contributed by atoms with Gasteiger partial charge >= 0.3 is 0 Å². The normalized spacial score (nSPS) is 31.2. The van der Waals surface area contributed by atoms with Crippen molar-refractivity contribution in [3.8, 4) is 0 Å². The van der Waals surface area contributed by atoms with Crippen LogP contribution < -0.4 is 0 Å². The predicted octanol–water partition coefficient (Wildman–Crippen LogP) is 2.00. The summed E-state index contributed by atoms with van der Waals surface area (Å²) >= 11 is 0. The summed E-state index contributed by atoms with van der Waals surface area (Å²) in [6.07, 6.45) is 6.50. The van der Waals surface area contributed by atoms with Crippen LogP contribution in [0.5, 0.6) is 0 Å². The smallest absolute Gasteiger partial charge is 0.230 e. The van der Waals surface area contributed by atoms with Gasteiger partial charge in [0.15, 0.2) is 5.78 Å². The molecule has 1 aliphatic heterocycles. The van der Waals surface area contributed by atoms with Crippen molar-refractivity contribution in [2.75, 3.05) is 13.1 Å². The number of rotatable bonds is 3. The minimum atomic E-state index is 0.0441. The summed E-state index contributed by atoms with van der Waals surface area (Å²) in [6.45, 7) is 3.45. The van der Waals surface area contributed by atoms with Gasteiger partial charge in [0.05, 0.1) is 13.0 Å². The predicted molar refractivity (Wildman–Crippen MR) is 61.9 cm³/mol. The third-order valence-electron chi connectivity index (χ3n) is 4.09. The van der Waals surface area contributed by atoms with Crippen LogP contribution in [0.15, 0.2) is 0 Å². The van der Waals surface area contributed by atoms with Gasteiger partial charge in [0.25, 0.3) is 0 Å². The fourth-order valence-electron chi connectivity index (χ4n) is 2.94. The molecule has 1 amide bonds. The number of Topliss-reactive ketones (excluding diaryl/α,β-unsaturated/α-hetero) is 1. The average molecular weight is 223 g/mol. The first-order valence-corrected chi connectivity index (χ1v) is 6.48. The summed E-state index contributed by atoms with van der Waals surface area (Å²) in [4.78, 5) is 24.4. The average Bonchev–Trinajstić information content (AvgIpc) is 2.59. The minimum Gasteiger partial charge on any atom is -0.335 e. The van der Waals surface area contributed by atoms with Crippen molar-refractivity contribution in [2.45, 2.75) is 45.4 Å². The van der Waals surface area contributed by atoms with Crippen molar-refractivity contribution < 1.29 is 9.59 Å². The standard InChI is InChI=1S/C13H21NO2/c1-2-10-3-5-11(6-4-10)8-14-9-12(15)7-13(14)16/h10-11H,2-9H2,1H3. The van der Waals surface area contributed by atoms with E-state index in [-0.39, 0.29) is 18.1 Å². The number of hydrogen-bond acceptors (Lipinski definition) is 2. The van der Waals surface area contributed by atoms with Crippen LogP contribution in [0.25, 0.3) is 0 Å². The Labute approximate surface area is 97.2 Å².